The average Bonchev–Trinajstić information content (AvgIpc) is 2.94. The van der Waals surface area contributed by atoms with Gasteiger partial charge in [0.15, 0.2) is 0 Å². The van der Waals surface area contributed by atoms with Gasteiger partial charge in [0.05, 0.1) is 6.10 Å². The normalized spacial score (nSPS) is 14.3. The highest BCUT2D eigenvalue weighted by atomic mass is 16.5. The van der Waals surface area contributed by atoms with Gasteiger partial charge in [0.2, 0.25) is 11.8 Å². The van der Waals surface area contributed by atoms with E-state index in [0.29, 0.717) is 5.69 Å². The maximum atomic E-state index is 11.9. The van der Waals surface area contributed by atoms with Gasteiger partial charge < -0.3 is 15.0 Å². The van der Waals surface area contributed by atoms with E-state index in [9.17, 15) is 9.59 Å². The standard InChI is InChI=1S/C16H22N2O3/c1-12(2)21-14-7-5-13(6-8-14)17-15(19)11-16(20)18-9-3-4-10-18/h5-8,12H,3-4,9-11H2,1-2H3,(H,17,19). The molecule has 0 spiro atoms. The van der Waals surface area contributed by atoms with Gasteiger partial charge in [0.1, 0.15) is 12.2 Å². The minimum Gasteiger partial charge on any atom is -0.491 e. The summed E-state index contributed by atoms with van der Waals surface area (Å²) in [5.41, 5.74) is 0.672. The van der Waals surface area contributed by atoms with E-state index in [2.05, 4.69) is 5.32 Å². The lowest BCUT2D eigenvalue weighted by Crippen LogP contribution is -2.31. The van der Waals surface area contributed by atoms with Crippen LogP contribution in [-0.2, 0) is 9.59 Å². The Hall–Kier alpha value is -2.04. The minimum absolute atomic E-state index is 0.0928. The van der Waals surface area contributed by atoms with Crippen LogP contribution < -0.4 is 10.1 Å². The van der Waals surface area contributed by atoms with Gasteiger partial charge in [-0.1, -0.05) is 0 Å². The Morgan fingerprint density at radius 3 is 2.38 bits per heavy atom. The monoisotopic (exact) mass is 290 g/mol. The zero-order valence-corrected chi connectivity index (χ0v) is 12.6. The highest BCUT2D eigenvalue weighted by Gasteiger charge is 2.20. The lowest BCUT2D eigenvalue weighted by molar-refractivity contribution is -0.133. The van der Waals surface area contributed by atoms with E-state index in [1.165, 1.54) is 0 Å². The van der Waals surface area contributed by atoms with Crippen LogP contribution in [0.1, 0.15) is 33.1 Å². The first kappa shape index (κ1) is 15.4. The van der Waals surface area contributed by atoms with Gasteiger partial charge in [-0.2, -0.15) is 0 Å². The molecular weight excluding hydrogens is 268 g/mol. The van der Waals surface area contributed by atoms with Crippen molar-refractivity contribution in [1.29, 1.82) is 0 Å². The van der Waals surface area contributed by atoms with Gasteiger partial charge in [0.25, 0.3) is 0 Å². The van der Waals surface area contributed by atoms with Crippen LogP contribution in [0.3, 0.4) is 0 Å². The molecule has 1 aromatic rings. The molecule has 1 aliphatic heterocycles. The van der Waals surface area contributed by atoms with E-state index in [-0.39, 0.29) is 24.3 Å². The van der Waals surface area contributed by atoms with Crippen molar-refractivity contribution in [3.8, 4) is 5.75 Å². The number of hydrogen-bond acceptors (Lipinski definition) is 3. The Bertz CT molecular complexity index is 491. The summed E-state index contributed by atoms with van der Waals surface area (Å²) in [4.78, 5) is 25.5. The topological polar surface area (TPSA) is 58.6 Å². The number of anilines is 1. The molecule has 0 aromatic heterocycles. The summed E-state index contributed by atoms with van der Waals surface area (Å²) >= 11 is 0. The van der Waals surface area contributed by atoms with Crippen molar-refractivity contribution in [1.82, 2.24) is 4.90 Å². The maximum Gasteiger partial charge on any atom is 0.233 e. The van der Waals surface area contributed by atoms with E-state index in [1.807, 2.05) is 13.8 Å². The average molecular weight is 290 g/mol. The Balaban J connectivity index is 1.83. The molecule has 1 fully saturated rings. The third-order valence-corrected chi connectivity index (χ3v) is 3.28. The van der Waals surface area contributed by atoms with Gasteiger partial charge in [-0.25, -0.2) is 0 Å². The second-order valence-electron chi connectivity index (χ2n) is 5.50. The highest BCUT2D eigenvalue weighted by Crippen LogP contribution is 2.17. The van der Waals surface area contributed by atoms with Gasteiger partial charge in [-0.05, 0) is 51.0 Å². The van der Waals surface area contributed by atoms with E-state index in [4.69, 9.17) is 4.74 Å². The molecule has 0 unspecified atom stereocenters. The predicted octanol–water partition coefficient (Wildman–Crippen LogP) is 2.42. The fourth-order valence-corrected chi connectivity index (χ4v) is 2.31. The molecule has 1 saturated heterocycles. The summed E-state index contributed by atoms with van der Waals surface area (Å²) in [7, 11) is 0. The van der Waals surface area contributed by atoms with Crippen LogP contribution in [0.4, 0.5) is 5.69 Å². The zero-order chi connectivity index (χ0) is 15.2. The third-order valence-electron chi connectivity index (χ3n) is 3.28. The van der Waals surface area contributed by atoms with Crippen molar-refractivity contribution < 1.29 is 14.3 Å². The van der Waals surface area contributed by atoms with Crippen LogP contribution in [0, 0.1) is 0 Å². The molecule has 0 radical (unpaired) electrons. The van der Waals surface area contributed by atoms with Crippen molar-refractivity contribution >= 4 is 17.5 Å². The van der Waals surface area contributed by atoms with Crippen LogP contribution in [0.25, 0.3) is 0 Å². The van der Waals surface area contributed by atoms with Crippen LogP contribution in [0.5, 0.6) is 5.75 Å². The van der Waals surface area contributed by atoms with Gasteiger partial charge >= 0.3 is 0 Å². The minimum atomic E-state index is -0.274. The molecule has 1 heterocycles. The first-order valence-corrected chi connectivity index (χ1v) is 7.39. The Morgan fingerprint density at radius 1 is 1.19 bits per heavy atom. The summed E-state index contributed by atoms with van der Waals surface area (Å²) in [6, 6.07) is 7.15. The quantitative estimate of drug-likeness (QED) is 0.847. The molecule has 114 valence electrons. The third kappa shape index (κ3) is 4.77. The molecule has 1 N–H and O–H groups in total. The largest absolute Gasteiger partial charge is 0.491 e. The van der Waals surface area contributed by atoms with E-state index in [0.717, 1.165) is 31.7 Å². The summed E-state index contributed by atoms with van der Waals surface area (Å²) < 4.78 is 5.53. The number of nitrogens with zero attached hydrogens (tertiary/aromatic N) is 1. The number of ether oxygens (including phenoxy) is 1. The molecule has 1 aliphatic rings. The van der Waals surface area contributed by atoms with E-state index in [1.54, 1.807) is 29.2 Å². The first-order valence-electron chi connectivity index (χ1n) is 7.39. The second-order valence-corrected chi connectivity index (χ2v) is 5.50. The molecular formula is C16H22N2O3. The lowest BCUT2D eigenvalue weighted by atomic mass is 10.2. The number of carbonyl (C=O) groups excluding carboxylic acids is 2. The SMILES string of the molecule is CC(C)Oc1ccc(NC(=O)CC(=O)N2CCCC2)cc1. The zero-order valence-electron chi connectivity index (χ0n) is 12.6. The predicted molar refractivity (Wildman–Crippen MR) is 81.3 cm³/mol. The fraction of sp³-hybridized carbons (Fsp3) is 0.500. The number of carbonyl (C=O) groups is 2. The van der Waals surface area contributed by atoms with Crippen LogP contribution in [-0.4, -0.2) is 35.9 Å². The first-order chi connectivity index (χ1) is 10.0. The lowest BCUT2D eigenvalue weighted by Gasteiger charge is -2.15. The van der Waals surface area contributed by atoms with Crippen molar-refractivity contribution in [3.05, 3.63) is 24.3 Å². The van der Waals surface area contributed by atoms with Crippen molar-refractivity contribution in [2.24, 2.45) is 0 Å². The molecule has 5 nitrogen and oxygen atoms in total. The van der Waals surface area contributed by atoms with Gasteiger partial charge in [-0.3, -0.25) is 9.59 Å². The van der Waals surface area contributed by atoms with E-state index >= 15 is 0 Å². The van der Waals surface area contributed by atoms with Crippen molar-refractivity contribution in [3.63, 3.8) is 0 Å². The number of likely N-dealkylation sites (tertiary alicyclic amines) is 1. The smallest absolute Gasteiger partial charge is 0.233 e. The molecule has 0 atom stereocenters. The fourth-order valence-electron chi connectivity index (χ4n) is 2.31. The molecule has 0 aliphatic carbocycles. The van der Waals surface area contributed by atoms with Gasteiger partial charge in [0, 0.05) is 18.8 Å². The Morgan fingerprint density at radius 2 is 1.81 bits per heavy atom. The molecule has 2 amide bonds. The number of nitrogens with one attached hydrogen (secondary N) is 1. The summed E-state index contributed by atoms with van der Waals surface area (Å²) in [5.74, 6) is 0.394. The second kappa shape index (κ2) is 7.11. The number of benzene rings is 1. The van der Waals surface area contributed by atoms with Crippen LogP contribution >= 0.6 is 0 Å². The number of rotatable bonds is 5. The molecule has 2 rings (SSSR count). The van der Waals surface area contributed by atoms with E-state index < -0.39 is 0 Å². The number of hydrogen-bond donors (Lipinski definition) is 1. The molecule has 0 saturated carbocycles. The molecule has 5 heteroatoms. The molecule has 0 bridgehead atoms. The Kier molecular flexibility index (Phi) is 5.20. The number of amides is 2. The summed E-state index contributed by atoms with van der Waals surface area (Å²) in [6.45, 7) is 5.46. The Labute approximate surface area is 125 Å². The molecule has 21 heavy (non-hydrogen) atoms. The molecule has 1 aromatic carbocycles. The highest BCUT2D eigenvalue weighted by molar-refractivity contribution is 6.03. The maximum absolute atomic E-state index is 11.9. The van der Waals surface area contributed by atoms with Crippen molar-refractivity contribution in [2.45, 2.75) is 39.2 Å². The summed E-state index contributed by atoms with van der Waals surface area (Å²) in [5, 5.41) is 2.73. The van der Waals surface area contributed by atoms with Crippen molar-refractivity contribution in [2.75, 3.05) is 18.4 Å². The van der Waals surface area contributed by atoms with Crippen LogP contribution in [0.2, 0.25) is 0 Å². The van der Waals surface area contributed by atoms with Gasteiger partial charge in [-0.15, -0.1) is 0 Å². The summed E-state index contributed by atoms with van der Waals surface area (Å²) in [6.07, 6.45) is 2.09. The van der Waals surface area contributed by atoms with Crippen LogP contribution in [0.15, 0.2) is 24.3 Å².